The normalized spacial score (nSPS) is 13.0. The third kappa shape index (κ3) is 3.66. The fraction of sp³-hybridized carbons (Fsp3) is 0.0800. The van der Waals surface area contributed by atoms with Crippen LogP contribution in [-0.2, 0) is 0 Å². The minimum absolute atomic E-state index is 0.239. The fourth-order valence-electron chi connectivity index (χ4n) is 3.86. The van der Waals surface area contributed by atoms with Crippen LogP contribution in [0.3, 0.4) is 0 Å². The van der Waals surface area contributed by atoms with E-state index in [0.717, 1.165) is 20.5 Å². The average molecular weight is 540 g/mol. The molecule has 2 heterocycles. The van der Waals surface area contributed by atoms with Crippen molar-refractivity contribution in [3.63, 3.8) is 0 Å². The fourth-order valence-corrected chi connectivity index (χ4v) is 5.92. The zero-order valence-corrected chi connectivity index (χ0v) is 20.5. The van der Waals surface area contributed by atoms with Gasteiger partial charge < -0.3 is 0 Å². The summed E-state index contributed by atoms with van der Waals surface area (Å²) in [5, 5.41) is 1.16. The third-order valence-electron chi connectivity index (χ3n) is 5.53. The molecule has 0 unspecified atom stereocenters. The largest absolute Gasteiger partial charge is 0.288 e. The van der Waals surface area contributed by atoms with E-state index >= 15 is 0 Å². The Hall–Kier alpha value is -3.00. The first-order valence-electron chi connectivity index (χ1n) is 10.1. The summed E-state index contributed by atoms with van der Waals surface area (Å²) in [6.45, 7) is 1.74. The van der Waals surface area contributed by atoms with E-state index in [1.54, 1.807) is 42.5 Å². The molecule has 0 bridgehead atoms. The number of hydrogen-bond acceptors (Lipinski definition) is 4. The molecule has 0 atom stereocenters. The zero-order chi connectivity index (χ0) is 23.3. The van der Waals surface area contributed by atoms with Crippen molar-refractivity contribution in [2.24, 2.45) is 0 Å². The van der Waals surface area contributed by atoms with Crippen LogP contribution in [0.4, 0.5) is 5.69 Å². The predicted octanol–water partition coefficient (Wildman–Crippen LogP) is 6.53. The van der Waals surface area contributed by atoms with Crippen molar-refractivity contribution in [2.75, 3.05) is 11.6 Å². The lowest BCUT2D eigenvalue weighted by atomic mass is 10.1. The summed E-state index contributed by atoms with van der Waals surface area (Å²) in [5.74, 6) is -1.25. The maximum absolute atomic E-state index is 13.8. The van der Waals surface area contributed by atoms with Gasteiger partial charge in [0.25, 0.3) is 17.7 Å². The van der Waals surface area contributed by atoms with Crippen LogP contribution in [0.15, 0.2) is 71.2 Å². The van der Waals surface area contributed by atoms with Crippen molar-refractivity contribution in [2.45, 2.75) is 6.92 Å². The van der Waals surface area contributed by atoms with Crippen LogP contribution in [0.2, 0.25) is 5.02 Å². The van der Waals surface area contributed by atoms with Gasteiger partial charge in [-0.15, -0.1) is 11.3 Å². The van der Waals surface area contributed by atoms with E-state index in [9.17, 15) is 14.4 Å². The smallest absolute Gasteiger partial charge is 0.271 e. The molecule has 5 rings (SSSR count). The Morgan fingerprint density at radius 1 is 1.00 bits per heavy atom. The van der Waals surface area contributed by atoms with Crippen molar-refractivity contribution >= 4 is 72.4 Å². The summed E-state index contributed by atoms with van der Waals surface area (Å²) in [6.07, 6.45) is 0. The number of hydrogen-bond donors (Lipinski definition) is 0. The SMILES string of the molecule is Cc1ccc2c(Cl)c(C(=O)N(CN3C(=O)c4ccccc4C3=O)c3ccccc3Br)sc2c1. The number of anilines is 1. The van der Waals surface area contributed by atoms with E-state index in [1.807, 2.05) is 31.2 Å². The number of fused-ring (bicyclic) bond motifs is 2. The molecular weight excluding hydrogens is 524 g/mol. The molecule has 0 N–H and O–H groups in total. The molecule has 1 aliphatic rings. The topological polar surface area (TPSA) is 57.7 Å². The van der Waals surface area contributed by atoms with Crippen LogP contribution in [0, 0.1) is 6.92 Å². The number of aryl methyl sites for hydroxylation is 1. The Morgan fingerprint density at radius 3 is 2.30 bits per heavy atom. The van der Waals surface area contributed by atoms with Gasteiger partial charge in [0.05, 0.1) is 21.8 Å². The van der Waals surface area contributed by atoms with Gasteiger partial charge in [-0.2, -0.15) is 0 Å². The molecule has 33 heavy (non-hydrogen) atoms. The molecule has 4 aromatic rings. The Morgan fingerprint density at radius 2 is 1.64 bits per heavy atom. The molecule has 1 aliphatic heterocycles. The first-order chi connectivity index (χ1) is 15.9. The summed E-state index contributed by atoms with van der Waals surface area (Å²) in [7, 11) is 0. The first-order valence-corrected chi connectivity index (χ1v) is 12.1. The molecule has 0 saturated carbocycles. The van der Waals surface area contributed by atoms with E-state index in [0.29, 0.717) is 31.2 Å². The van der Waals surface area contributed by atoms with Crippen LogP contribution in [0.25, 0.3) is 10.1 Å². The Balaban J connectivity index is 1.59. The maximum Gasteiger partial charge on any atom is 0.271 e. The van der Waals surface area contributed by atoms with E-state index in [1.165, 1.54) is 16.2 Å². The molecule has 0 spiro atoms. The number of rotatable bonds is 4. The molecule has 5 nitrogen and oxygen atoms in total. The number of nitrogens with zero attached hydrogens (tertiary/aromatic N) is 2. The van der Waals surface area contributed by atoms with Gasteiger partial charge in [0, 0.05) is 14.6 Å². The summed E-state index contributed by atoms with van der Waals surface area (Å²) in [5.41, 5.74) is 2.26. The highest BCUT2D eigenvalue weighted by atomic mass is 79.9. The number of halogens is 2. The number of amides is 3. The van der Waals surface area contributed by atoms with Crippen molar-refractivity contribution in [1.29, 1.82) is 0 Å². The number of carbonyl (C=O) groups is 3. The second kappa shape index (κ2) is 8.41. The number of imide groups is 1. The maximum atomic E-state index is 13.8. The molecular formula is C25H16BrClN2O3S. The van der Waals surface area contributed by atoms with Gasteiger partial charge in [-0.3, -0.25) is 24.2 Å². The summed E-state index contributed by atoms with van der Waals surface area (Å²) in [4.78, 5) is 42.7. The van der Waals surface area contributed by atoms with Crippen LogP contribution in [-0.4, -0.2) is 29.3 Å². The molecule has 3 aromatic carbocycles. The molecule has 164 valence electrons. The quantitative estimate of drug-likeness (QED) is 0.277. The lowest BCUT2D eigenvalue weighted by molar-refractivity contribution is 0.0650. The summed E-state index contributed by atoms with van der Waals surface area (Å²) >= 11 is 11.4. The van der Waals surface area contributed by atoms with E-state index < -0.39 is 11.8 Å². The van der Waals surface area contributed by atoms with Gasteiger partial charge in [0.1, 0.15) is 11.5 Å². The molecule has 0 aliphatic carbocycles. The first kappa shape index (κ1) is 21.8. The number of para-hydroxylation sites is 1. The van der Waals surface area contributed by atoms with Gasteiger partial charge in [-0.25, -0.2) is 0 Å². The molecule has 0 radical (unpaired) electrons. The molecule has 0 fully saturated rings. The lowest BCUT2D eigenvalue weighted by Crippen LogP contribution is -2.44. The van der Waals surface area contributed by atoms with Crippen molar-refractivity contribution in [3.8, 4) is 0 Å². The van der Waals surface area contributed by atoms with E-state index in [-0.39, 0.29) is 12.6 Å². The predicted molar refractivity (Wildman–Crippen MR) is 134 cm³/mol. The number of carbonyl (C=O) groups excluding carboxylic acids is 3. The second-order valence-electron chi connectivity index (χ2n) is 7.65. The monoisotopic (exact) mass is 538 g/mol. The van der Waals surface area contributed by atoms with Gasteiger partial charge in [0.15, 0.2) is 0 Å². The van der Waals surface area contributed by atoms with Crippen LogP contribution < -0.4 is 4.90 Å². The highest BCUT2D eigenvalue weighted by Gasteiger charge is 2.38. The van der Waals surface area contributed by atoms with Crippen molar-refractivity contribution in [1.82, 2.24) is 4.90 Å². The molecule has 8 heteroatoms. The Labute approximate surface area is 207 Å². The Kier molecular flexibility index (Phi) is 5.56. The molecule has 0 saturated heterocycles. The highest BCUT2D eigenvalue weighted by molar-refractivity contribution is 9.10. The van der Waals surface area contributed by atoms with Crippen molar-refractivity contribution < 1.29 is 14.4 Å². The number of benzene rings is 3. The van der Waals surface area contributed by atoms with Gasteiger partial charge in [-0.05, 0) is 58.7 Å². The van der Waals surface area contributed by atoms with Crippen molar-refractivity contribution in [3.05, 3.63) is 97.8 Å². The summed E-state index contributed by atoms with van der Waals surface area (Å²) < 4.78 is 1.55. The van der Waals surface area contributed by atoms with E-state index in [4.69, 9.17) is 11.6 Å². The number of thiophene rings is 1. The van der Waals surface area contributed by atoms with Crippen LogP contribution in [0.1, 0.15) is 36.0 Å². The second-order valence-corrected chi connectivity index (χ2v) is 9.94. The molecule has 1 aromatic heterocycles. The lowest BCUT2D eigenvalue weighted by Gasteiger charge is -2.27. The minimum Gasteiger partial charge on any atom is -0.288 e. The van der Waals surface area contributed by atoms with Crippen LogP contribution >= 0.6 is 38.9 Å². The highest BCUT2D eigenvalue weighted by Crippen LogP contribution is 2.38. The summed E-state index contributed by atoms with van der Waals surface area (Å²) in [6, 6.07) is 19.6. The van der Waals surface area contributed by atoms with Crippen LogP contribution in [0.5, 0.6) is 0 Å². The molecule has 3 amide bonds. The minimum atomic E-state index is -0.432. The standard InChI is InChI=1S/C25H16BrClN2O3S/c1-14-10-11-17-20(12-14)33-22(21(17)27)25(32)28(19-9-5-4-8-18(19)26)13-29-23(30)15-6-2-3-7-16(15)24(29)31/h2-12H,13H2,1H3. The third-order valence-corrected chi connectivity index (χ3v) is 7.84. The van der Waals surface area contributed by atoms with E-state index in [2.05, 4.69) is 15.9 Å². The van der Waals surface area contributed by atoms with Gasteiger partial charge >= 0.3 is 0 Å². The Bertz CT molecular complexity index is 1430. The average Bonchev–Trinajstić information content (AvgIpc) is 3.26. The zero-order valence-electron chi connectivity index (χ0n) is 17.3. The van der Waals surface area contributed by atoms with Gasteiger partial charge in [0.2, 0.25) is 0 Å². The van der Waals surface area contributed by atoms with Gasteiger partial charge in [-0.1, -0.05) is 48.0 Å².